The van der Waals surface area contributed by atoms with Gasteiger partial charge >= 0.3 is 6.61 Å². The minimum Gasteiger partial charge on any atom is -0.434 e. The Morgan fingerprint density at radius 1 is 1.55 bits per heavy atom. The Hall–Kier alpha value is -1.40. The molecule has 1 aliphatic heterocycles. The summed E-state index contributed by atoms with van der Waals surface area (Å²) < 4.78 is 29.2. The molecule has 1 heterocycles. The number of carbonyl (C=O) groups is 1. The summed E-state index contributed by atoms with van der Waals surface area (Å²) in [6.45, 7) is -0.509. The second-order valence-electron chi connectivity index (χ2n) is 5.50. The molecule has 1 atom stereocenters. The van der Waals surface area contributed by atoms with E-state index >= 15 is 0 Å². The van der Waals surface area contributed by atoms with Gasteiger partial charge in [0.25, 0.3) is 5.91 Å². The lowest BCUT2D eigenvalue weighted by Gasteiger charge is -2.29. The molecule has 0 saturated carbocycles. The SMILES string of the molecule is CN1CCC[C@@H](CNC(=O)c2cc(Cl)ccc2OC(F)F)C1. The highest BCUT2D eigenvalue weighted by atomic mass is 35.5. The lowest BCUT2D eigenvalue weighted by Crippen LogP contribution is -2.39. The van der Waals surface area contributed by atoms with Gasteiger partial charge in [0, 0.05) is 18.1 Å². The number of amides is 1. The van der Waals surface area contributed by atoms with E-state index in [9.17, 15) is 13.6 Å². The van der Waals surface area contributed by atoms with Crippen molar-refractivity contribution in [1.29, 1.82) is 0 Å². The van der Waals surface area contributed by atoms with Crippen LogP contribution in [0.4, 0.5) is 8.78 Å². The van der Waals surface area contributed by atoms with E-state index in [-0.39, 0.29) is 11.3 Å². The summed E-state index contributed by atoms with van der Waals surface area (Å²) in [5, 5.41) is 3.08. The quantitative estimate of drug-likeness (QED) is 0.901. The Kier molecular flexibility index (Phi) is 5.97. The maximum atomic E-state index is 12.4. The number of alkyl halides is 2. The molecule has 0 radical (unpaired) electrons. The van der Waals surface area contributed by atoms with Crippen LogP contribution in [0.2, 0.25) is 5.02 Å². The third kappa shape index (κ3) is 4.81. The molecule has 1 N–H and O–H groups in total. The molecule has 0 spiro atoms. The van der Waals surface area contributed by atoms with E-state index in [1.165, 1.54) is 18.2 Å². The molecule has 1 fully saturated rings. The lowest BCUT2D eigenvalue weighted by molar-refractivity contribution is -0.0501. The average molecular weight is 333 g/mol. The first-order valence-electron chi connectivity index (χ1n) is 7.17. The molecule has 1 saturated heterocycles. The zero-order valence-electron chi connectivity index (χ0n) is 12.3. The lowest BCUT2D eigenvalue weighted by atomic mass is 9.98. The molecule has 1 aromatic rings. The monoisotopic (exact) mass is 332 g/mol. The van der Waals surface area contributed by atoms with Gasteiger partial charge in [-0.05, 0) is 50.6 Å². The van der Waals surface area contributed by atoms with Crippen molar-refractivity contribution in [1.82, 2.24) is 10.2 Å². The number of rotatable bonds is 5. The molecule has 4 nitrogen and oxygen atoms in total. The third-order valence-corrected chi connectivity index (χ3v) is 3.91. The first-order valence-corrected chi connectivity index (χ1v) is 7.54. The Morgan fingerprint density at radius 2 is 2.32 bits per heavy atom. The smallest absolute Gasteiger partial charge is 0.387 e. The van der Waals surface area contributed by atoms with Gasteiger partial charge in [-0.3, -0.25) is 4.79 Å². The molecule has 0 bridgehead atoms. The van der Waals surface area contributed by atoms with Gasteiger partial charge in [-0.25, -0.2) is 0 Å². The van der Waals surface area contributed by atoms with Crippen LogP contribution in [0.5, 0.6) is 5.75 Å². The number of halogens is 3. The van der Waals surface area contributed by atoms with Gasteiger partial charge in [0.05, 0.1) is 5.56 Å². The van der Waals surface area contributed by atoms with Crippen molar-refractivity contribution in [2.45, 2.75) is 19.5 Å². The van der Waals surface area contributed by atoms with E-state index < -0.39 is 12.5 Å². The number of nitrogens with one attached hydrogen (secondary N) is 1. The Bertz CT molecular complexity index is 528. The number of likely N-dealkylation sites (tertiary alicyclic amines) is 1. The Balaban J connectivity index is 2.00. The van der Waals surface area contributed by atoms with Crippen LogP contribution in [0.3, 0.4) is 0 Å². The Labute approximate surface area is 133 Å². The van der Waals surface area contributed by atoms with Crippen molar-refractivity contribution in [3.63, 3.8) is 0 Å². The average Bonchev–Trinajstić information content (AvgIpc) is 2.46. The van der Waals surface area contributed by atoms with E-state index in [1.54, 1.807) is 0 Å². The number of carbonyl (C=O) groups excluding carboxylic acids is 1. The van der Waals surface area contributed by atoms with Crippen LogP contribution in [0.1, 0.15) is 23.2 Å². The second kappa shape index (κ2) is 7.74. The minimum absolute atomic E-state index is 0.0250. The molecule has 2 rings (SSSR count). The van der Waals surface area contributed by atoms with Crippen molar-refractivity contribution in [3.8, 4) is 5.75 Å². The summed E-state index contributed by atoms with van der Waals surface area (Å²) in [6, 6.07) is 4.02. The van der Waals surface area contributed by atoms with Gasteiger partial charge in [0.2, 0.25) is 0 Å². The maximum absolute atomic E-state index is 12.4. The van der Waals surface area contributed by atoms with Gasteiger partial charge in [-0.15, -0.1) is 0 Å². The fourth-order valence-electron chi connectivity index (χ4n) is 2.65. The van der Waals surface area contributed by atoms with Crippen molar-refractivity contribution in [3.05, 3.63) is 28.8 Å². The number of ether oxygens (including phenoxy) is 1. The second-order valence-corrected chi connectivity index (χ2v) is 5.94. The standard InChI is InChI=1S/C15H19ClF2N2O2/c1-20-6-2-3-10(9-20)8-19-14(21)12-7-11(16)4-5-13(12)22-15(17)18/h4-5,7,10,15H,2-3,6,8-9H2,1H3,(H,19,21)/t10-/m0/s1. The molecule has 0 aliphatic carbocycles. The number of hydrogen-bond donors (Lipinski definition) is 1. The van der Waals surface area contributed by atoms with E-state index in [0.717, 1.165) is 25.9 Å². The number of nitrogens with zero attached hydrogens (tertiary/aromatic N) is 1. The molecule has 1 amide bonds. The van der Waals surface area contributed by atoms with Crippen LogP contribution in [-0.4, -0.2) is 44.1 Å². The summed E-state index contributed by atoms with van der Waals surface area (Å²) in [4.78, 5) is 14.4. The topological polar surface area (TPSA) is 41.6 Å². The summed E-state index contributed by atoms with van der Waals surface area (Å²) >= 11 is 5.84. The minimum atomic E-state index is -2.99. The summed E-state index contributed by atoms with van der Waals surface area (Å²) in [5.41, 5.74) is 0.0250. The Morgan fingerprint density at radius 3 is 3.00 bits per heavy atom. The van der Waals surface area contributed by atoms with Crippen molar-refractivity contribution in [2.24, 2.45) is 5.92 Å². The molecular weight excluding hydrogens is 314 g/mol. The number of piperidine rings is 1. The van der Waals surface area contributed by atoms with Crippen molar-refractivity contribution >= 4 is 17.5 Å². The molecule has 1 aliphatic rings. The summed E-state index contributed by atoms with van der Waals surface area (Å²) in [7, 11) is 2.04. The van der Waals surface area contributed by atoms with Gasteiger partial charge in [0.15, 0.2) is 0 Å². The van der Waals surface area contributed by atoms with E-state index in [2.05, 4.69) is 15.0 Å². The highest BCUT2D eigenvalue weighted by molar-refractivity contribution is 6.31. The van der Waals surface area contributed by atoms with Gasteiger partial charge in [0.1, 0.15) is 5.75 Å². The number of hydrogen-bond acceptors (Lipinski definition) is 3. The largest absolute Gasteiger partial charge is 0.434 e. The van der Waals surface area contributed by atoms with Gasteiger partial charge in [-0.2, -0.15) is 8.78 Å². The van der Waals surface area contributed by atoms with Crippen LogP contribution >= 0.6 is 11.6 Å². The van der Waals surface area contributed by atoms with Crippen LogP contribution < -0.4 is 10.1 Å². The van der Waals surface area contributed by atoms with Gasteiger partial charge < -0.3 is 15.0 Å². The van der Waals surface area contributed by atoms with Gasteiger partial charge in [-0.1, -0.05) is 11.6 Å². The van der Waals surface area contributed by atoms with E-state index in [1.807, 2.05) is 7.05 Å². The fourth-order valence-corrected chi connectivity index (χ4v) is 2.82. The fraction of sp³-hybridized carbons (Fsp3) is 0.533. The van der Waals surface area contributed by atoms with E-state index in [0.29, 0.717) is 17.5 Å². The molecule has 1 aromatic carbocycles. The van der Waals surface area contributed by atoms with Crippen LogP contribution in [-0.2, 0) is 0 Å². The summed E-state index contributed by atoms with van der Waals surface area (Å²) in [6.07, 6.45) is 2.13. The van der Waals surface area contributed by atoms with Crippen LogP contribution in [0.25, 0.3) is 0 Å². The molecule has 0 aromatic heterocycles. The molecule has 7 heteroatoms. The van der Waals surface area contributed by atoms with Crippen molar-refractivity contribution < 1.29 is 18.3 Å². The molecule has 0 unspecified atom stereocenters. The molecule has 22 heavy (non-hydrogen) atoms. The van der Waals surface area contributed by atoms with Crippen molar-refractivity contribution in [2.75, 3.05) is 26.7 Å². The first-order chi connectivity index (χ1) is 10.5. The molecule has 122 valence electrons. The maximum Gasteiger partial charge on any atom is 0.387 e. The highest BCUT2D eigenvalue weighted by Gasteiger charge is 2.20. The normalized spacial score (nSPS) is 19.2. The third-order valence-electron chi connectivity index (χ3n) is 3.68. The predicted octanol–water partition coefficient (Wildman–Crippen LogP) is 3.01. The highest BCUT2D eigenvalue weighted by Crippen LogP contribution is 2.24. The summed E-state index contributed by atoms with van der Waals surface area (Å²) in [5.74, 6) is -0.259. The number of benzene rings is 1. The van der Waals surface area contributed by atoms with Crippen LogP contribution in [0.15, 0.2) is 18.2 Å². The first kappa shape index (κ1) is 17.0. The predicted molar refractivity (Wildman–Crippen MR) is 80.6 cm³/mol. The van der Waals surface area contributed by atoms with E-state index in [4.69, 9.17) is 11.6 Å². The molecular formula is C15H19ClF2N2O2. The zero-order valence-corrected chi connectivity index (χ0v) is 13.1. The van der Waals surface area contributed by atoms with Crippen LogP contribution in [0, 0.1) is 5.92 Å². The zero-order chi connectivity index (χ0) is 16.1.